The predicted molar refractivity (Wildman–Crippen MR) is 95.2 cm³/mol. The van der Waals surface area contributed by atoms with Crippen LogP contribution in [0.1, 0.15) is 72.7 Å². The van der Waals surface area contributed by atoms with Crippen molar-refractivity contribution in [1.82, 2.24) is 5.32 Å². The molecule has 1 aromatic carbocycles. The molecule has 2 nitrogen and oxygen atoms in total. The minimum atomic E-state index is 0. The fourth-order valence-electron chi connectivity index (χ4n) is 4.65. The Bertz CT molecular complexity index is 569. The molecule has 0 saturated heterocycles. The summed E-state index contributed by atoms with van der Waals surface area (Å²) in [6.07, 6.45) is 7.10. The zero-order valence-corrected chi connectivity index (χ0v) is 14.7. The topological polar surface area (TPSA) is 32.3 Å². The van der Waals surface area contributed by atoms with Crippen molar-refractivity contribution in [2.45, 2.75) is 57.4 Å². The molecule has 0 radical (unpaired) electrons. The number of phenols is 1. The zero-order chi connectivity index (χ0) is 15.1. The van der Waals surface area contributed by atoms with Crippen LogP contribution in [0.3, 0.4) is 0 Å². The number of halogens is 1. The third-order valence-corrected chi connectivity index (χ3v) is 5.70. The van der Waals surface area contributed by atoms with Gasteiger partial charge in [-0.15, -0.1) is 19.0 Å². The van der Waals surface area contributed by atoms with Crippen LogP contribution in [0, 0.1) is 12.8 Å². The minimum absolute atomic E-state index is 0. The molecule has 1 saturated carbocycles. The number of aromatic hydroxyl groups is 1. The Morgan fingerprint density at radius 3 is 2.64 bits per heavy atom. The van der Waals surface area contributed by atoms with Crippen molar-refractivity contribution in [3.63, 3.8) is 0 Å². The van der Waals surface area contributed by atoms with Gasteiger partial charge in [-0.1, -0.05) is 31.9 Å². The molecule has 3 heteroatoms. The zero-order valence-electron chi connectivity index (χ0n) is 13.9. The van der Waals surface area contributed by atoms with Crippen molar-refractivity contribution in [1.29, 1.82) is 0 Å². The maximum Gasteiger partial charge on any atom is 0.124 e. The van der Waals surface area contributed by atoms with Gasteiger partial charge in [-0.2, -0.15) is 0 Å². The highest BCUT2D eigenvalue weighted by atomic mass is 35.5. The number of hydrogen-bond acceptors (Lipinski definition) is 2. The SMILES string of the molecule is C=CC(C)c1cc(C)c2c(c1O)C(NC)C1CCCCC21.Cl. The van der Waals surface area contributed by atoms with E-state index in [-0.39, 0.29) is 18.3 Å². The highest BCUT2D eigenvalue weighted by Gasteiger charge is 2.44. The van der Waals surface area contributed by atoms with Gasteiger partial charge in [0.2, 0.25) is 0 Å². The summed E-state index contributed by atoms with van der Waals surface area (Å²) in [5, 5.41) is 14.4. The summed E-state index contributed by atoms with van der Waals surface area (Å²) in [5.74, 6) is 1.98. The molecule has 22 heavy (non-hydrogen) atoms. The number of allylic oxidation sites excluding steroid dienone is 1. The molecule has 0 amide bonds. The molecule has 3 rings (SSSR count). The number of hydrogen-bond donors (Lipinski definition) is 2. The van der Waals surface area contributed by atoms with E-state index in [0.717, 1.165) is 5.56 Å². The number of aryl methyl sites for hydroxylation is 1. The van der Waals surface area contributed by atoms with E-state index in [2.05, 4.69) is 31.8 Å². The minimum Gasteiger partial charge on any atom is -0.507 e. The van der Waals surface area contributed by atoms with Crippen LogP contribution in [-0.4, -0.2) is 12.2 Å². The van der Waals surface area contributed by atoms with Crippen molar-refractivity contribution in [3.8, 4) is 5.75 Å². The average Bonchev–Trinajstić information content (AvgIpc) is 2.85. The van der Waals surface area contributed by atoms with E-state index in [4.69, 9.17) is 0 Å². The number of nitrogens with one attached hydrogen (secondary N) is 1. The third-order valence-electron chi connectivity index (χ3n) is 5.70. The molecule has 122 valence electrons. The summed E-state index contributed by atoms with van der Waals surface area (Å²) in [6.45, 7) is 8.20. The van der Waals surface area contributed by atoms with Gasteiger partial charge in [-0.25, -0.2) is 0 Å². The van der Waals surface area contributed by atoms with E-state index < -0.39 is 0 Å². The molecule has 1 aromatic rings. The van der Waals surface area contributed by atoms with Crippen molar-refractivity contribution in [2.24, 2.45) is 5.92 Å². The molecule has 0 spiro atoms. The van der Waals surface area contributed by atoms with E-state index in [1.54, 1.807) is 0 Å². The first-order chi connectivity index (χ1) is 10.1. The molecule has 4 unspecified atom stereocenters. The largest absolute Gasteiger partial charge is 0.507 e. The van der Waals surface area contributed by atoms with Crippen LogP contribution < -0.4 is 5.32 Å². The fourth-order valence-corrected chi connectivity index (χ4v) is 4.65. The summed E-state index contributed by atoms with van der Waals surface area (Å²) in [5.41, 5.74) is 4.98. The lowest BCUT2D eigenvalue weighted by atomic mass is 9.77. The van der Waals surface area contributed by atoms with E-state index in [0.29, 0.717) is 23.6 Å². The van der Waals surface area contributed by atoms with E-state index >= 15 is 0 Å². The van der Waals surface area contributed by atoms with Crippen LogP contribution in [0.25, 0.3) is 0 Å². The first kappa shape index (κ1) is 17.4. The summed E-state index contributed by atoms with van der Waals surface area (Å²) >= 11 is 0. The second-order valence-corrected chi connectivity index (χ2v) is 6.80. The molecule has 0 aliphatic heterocycles. The third kappa shape index (κ3) is 2.47. The first-order valence-electron chi connectivity index (χ1n) is 8.26. The first-order valence-corrected chi connectivity index (χ1v) is 8.26. The molecule has 1 fully saturated rings. The monoisotopic (exact) mass is 321 g/mol. The molecule has 0 aromatic heterocycles. The Morgan fingerprint density at radius 1 is 1.32 bits per heavy atom. The second-order valence-electron chi connectivity index (χ2n) is 6.80. The van der Waals surface area contributed by atoms with Crippen molar-refractivity contribution < 1.29 is 5.11 Å². The van der Waals surface area contributed by atoms with Gasteiger partial charge in [0.05, 0.1) is 0 Å². The Kier molecular flexibility index (Phi) is 5.24. The molecule has 2 aliphatic carbocycles. The van der Waals surface area contributed by atoms with E-state index in [1.807, 2.05) is 13.1 Å². The van der Waals surface area contributed by atoms with E-state index in [1.165, 1.54) is 42.4 Å². The second kappa shape index (κ2) is 6.64. The van der Waals surface area contributed by atoms with Crippen molar-refractivity contribution in [2.75, 3.05) is 7.05 Å². The lowest BCUT2D eigenvalue weighted by molar-refractivity contribution is 0.269. The van der Waals surface area contributed by atoms with Gasteiger partial charge in [0.15, 0.2) is 0 Å². The molecule has 0 heterocycles. The van der Waals surface area contributed by atoms with Crippen LogP contribution in [0.15, 0.2) is 18.7 Å². The fraction of sp³-hybridized carbons (Fsp3) is 0.579. The maximum atomic E-state index is 10.9. The molecular weight excluding hydrogens is 294 g/mol. The predicted octanol–water partition coefficient (Wildman–Crippen LogP) is 4.96. The summed E-state index contributed by atoms with van der Waals surface area (Å²) in [7, 11) is 2.03. The summed E-state index contributed by atoms with van der Waals surface area (Å²) < 4.78 is 0. The van der Waals surface area contributed by atoms with Gasteiger partial charge < -0.3 is 10.4 Å². The number of rotatable bonds is 3. The molecular formula is C19H28ClNO. The summed E-state index contributed by atoms with van der Waals surface area (Å²) in [6, 6.07) is 2.49. The van der Waals surface area contributed by atoms with Crippen LogP contribution in [0.4, 0.5) is 0 Å². The number of benzene rings is 1. The van der Waals surface area contributed by atoms with Crippen LogP contribution in [0.5, 0.6) is 5.75 Å². The lowest BCUT2D eigenvalue weighted by Gasteiger charge is -2.29. The van der Waals surface area contributed by atoms with Crippen molar-refractivity contribution >= 4 is 12.4 Å². The average molecular weight is 322 g/mol. The standard InChI is InChI=1S/C19H27NO.ClH/c1-5-11(2)15-10-12(3)16-13-8-6-7-9-14(13)18(20-4)17(16)19(15)21;/h5,10-11,13-14,18,20-21H,1,6-9H2,2-4H3;1H. The van der Waals surface area contributed by atoms with Gasteiger partial charge in [-0.3, -0.25) is 0 Å². The van der Waals surface area contributed by atoms with Crippen LogP contribution in [0.2, 0.25) is 0 Å². The Hall–Kier alpha value is -0.990. The maximum absolute atomic E-state index is 10.9. The normalized spacial score (nSPS) is 27.5. The van der Waals surface area contributed by atoms with Gasteiger partial charge >= 0.3 is 0 Å². The molecule has 2 aliphatic rings. The molecule has 4 atom stereocenters. The highest BCUT2D eigenvalue weighted by Crippen LogP contribution is 2.56. The Morgan fingerprint density at radius 2 is 2.00 bits per heavy atom. The van der Waals surface area contributed by atoms with Gasteiger partial charge in [0.25, 0.3) is 0 Å². The Labute approximate surface area is 140 Å². The highest BCUT2D eigenvalue weighted by molar-refractivity contribution is 5.85. The quantitative estimate of drug-likeness (QED) is 0.771. The molecule has 0 bridgehead atoms. The van der Waals surface area contributed by atoms with Crippen LogP contribution in [-0.2, 0) is 0 Å². The Balaban J connectivity index is 0.00000176. The van der Waals surface area contributed by atoms with E-state index in [9.17, 15) is 5.11 Å². The molecule has 2 N–H and O–H groups in total. The smallest absolute Gasteiger partial charge is 0.124 e. The van der Waals surface area contributed by atoms with Gasteiger partial charge in [0, 0.05) is 23.1 Å². The number of phenolic OH excluding ortho intramolecular Hbond substituents is 1. The van der Waals surface area contributed by atoms with Gasteiger partial charge in [-0.05, 0) is 49.8 Å². The number of fused-ring (bicyclic) bond motifs is 3. The van der Waals surface area contributed by atoms with Gasteiger partial charge in [0.1, 0.15) is 5.75 Å². The lowest BCUT2D eigenvalue weighted by Crippen LogP contribution is -2.25. The van der Waals surface area contributed by atoms with Crippen molar-refractivity contribution in [3.05, 3.63) is 41.0 Å². The van der Waals surface area contributed by atoms with Crippen LogP contribution >= 0.6 is 12.4 Å². The summed E-state index contributed by atoms with van der Waals surface area (Å²) in [4.78, 5) is 0.